The number of fused-ring (bicyclic) bond motifs is 1. The van der Waals surface area contributed by atoms with Crippen molar-refractivity contribution in [1.82, 2.24) is 4.98 Å². The first-order valence-corrected chi connectivity index (χ1v) is 9.25. The van der Waals surface area contributed by atoms with Gasteiger partial charge in [0.05, 0.1) is 31.2 Å². The van der Waals surface area contributed by atoms with Gasteiger partial charge in [0.2, 0.25) is 0 Å². The number of carbonyl (C=O) groups is 1. The summed E-state index contributed by atoms with van der Waals surface area (Å²) in [5.41, 5.74) is 3.18. The second kappa shape index (κ2) is 8.06. The van der Waals surface area contributed by atoms with Gasteiger partial charge in [-0.2, -0.15) is 0 Å². The number of nitrogens with one attached hydrogen (secondary N) is 1. The van der Waals surface area contributed by atoms with Crippen LogP contribution in [0.5, 0.6) is 11.5 Å². The minimum absolute atomic E-state index is 0.253. The Labute approximate surface area is 168 Å². The van der Waals surface area contributed by atoms with Gasteiger partial charge in [0, 0.05) is 22.7 Å². The average molecular weight is 388 g/mol. The fraction of sp³-hybridized carbons (Fsp3) is 0.130. The highest BCUT2D eigenvalue weighted by Gasteiger charge is 2.13. The molecule has 2 aromatic carbocycles. The average Bonchev–Trinajstić information content (AvgIpc) is 3.29. The molecule has 1 N–H and O–H groups in total. The van der Waals surface area contributed by atoms with Crippen LogP contribution in [0.25, 0.3) is 22.2 Å². The lowest BCUT2D eigenvalue weighted by Gasteiger charge is -2.12. The zero-order valence-electron chi connectivity index (χ0n) is 16.1. The maximum atomic E-state index is 12.3. The molecule has 0 aliphatic heterocycles. The van der Waals surface area contributed by atoms with Crippen molar-refractivity contribution in [2.24, 2.45) is 0 Å². The van der Waals surface area contributed by atoms with E-state index in [4.69, 9.17) is 18.9 Å². The summed E-state index contributed by atoms with van der Waals surface area (Å²) in [5, 5.41) is 3.66. The number of ether oxygens (including phenoxy) is 2. The van der Waals surface area contributed by atoms with Crippen molar-refractivity contribution >= 4 is 22.5 Å². The third-order valence-corrected chi connectivity index (χ3v) is 4.46. The van der Waals surface area contributed by atoms with Gasteiger partial charge in [-0.15, -0.1) is 0 Å². The second-order valence-corrected chi connectivity index (χ2v) is 6.33. The van der Waals surface area contributed by atoms with Crippen LogP contribution in [0.3, 0.4) is 0 Å². The Kier molecular flexibility index (Phi) is 5.16. The van der Waals surface area contributed by atoms with Crippen LogP contribution in [0.1, 0.15) is 17.5 Å². The molecule has 6 nitrogen and oxygen atoms in total. The van der Waals surface area contributed by atoms with Crippen LogP contribution in [0, 0.1) is 0 Å². The molecule has 0 saturated heterocycles. The van der Waals surface area contributed by atoms with Crippen molar-refractivity contribution in [1.29, 1.82) is 0 Å². The van der Waals surface area contributed by atoms with Gasteiger partial charge < -0.3 is 19.2 Å². The van der Waals surface area contributed by atoms with Crippen molar-refractivity contribution in [2.75, 3.05) is 19.0 Å². The van der Waals surface area contributed by atoms with E-state index >= 15 is 0 Å². The van der Waals surface area contributed by atoms with Crippen LogP contribution in [0.15, 0.2) is 71.3 Å². The van der Waals surface area contributed by atoms with E-state index in [9.17, 15) is 4.79 Å². The van der Waals surface area contributed by atoms with E-state index in [1.165, 1.54) is 6.26 Å². The molecule has 0 radical (unpaired) electrons. The quantitative estimate of drug-likeness (QED) is 0.494. The largest absolute Gasteiger partial charge is 0.497 e. The van der Waals surface area contributed by atoms with Gasteiger partial charge in [-0.25, -0.2) is 4.98 Å². The van der Waals surface area contributed by atoms with Gasteiger partial charge in [-0.3, -0.25) is 4.79 Å². The van der Waals surface area contributed by atoms with Crippen LogP contribution < -0.4 is 14.8 Å². The first-order chi connectivity index (χ1) is 14.2. The molecule has 0 aliphatic carbocycles. The molecule has 146 valence electrons. The van der Waals surface area contributed by atoms with Crippen molar-refractivity contribution < 1.29 is 18.7 Å². The fourth-order valence-electron chi connectivity index (χ4n) is 3.06. The van der Waals surface area contributed by atoms with E-state index in [1.807, 2.05) is 55.5 Å². The van der Waals surface area contributed by atoms with E-state index in [0.717, 1.165) is 27.9 Å². The summed E-state index contributed by atoms with van der Waals surface area (Å²) >= 11 is 0. The molecule has 0 atom stereocenters. The number of pyridine rings is 1. The number of anilines is 1. The standard InChI is InChI=1S/C23H20N2O4/c1-3-28-22-14-20(15-6-9-17(27-2)10-7-15)25-19-11-8-16(13-18(19)22)24-23(26)21-5-4-12-29-21/h4-14H,3H2,1-2H3,(H,24,26). The van der Waals surface area contributed by atoms with Gasteiger partial charge in [-0.05, 0) is 61.5 Å². The van der Waals surface area contributed by atoms with Crippen LogP contribution >= 0.6 is 0 Å². The Morgan fingerprint density at radius 2 is 1.93 bits per heavy atom. The van der Waals surface area contributed by atoms with Gasteiger partial charge in [-0.1, -0.05) is 0 Å². The number of carbonyl (C=O) groups excluding carboxylic acids is 1. The SMILES string of the molecule is CCOc1cc(-c2ccc(OC)cc2)nc2ccc(NC(=O)c3ccco3)cc12. The third-order valence-electron chi connectivity index (χ3n) is 4.46. The van der Waals surface area contributed by atoms with Crippen LogP contribution in [-0.4, -0.2) is 24.6 Å². The predicted octanol–water partition coefficient (Wildman–Crippen LogP) is 5.15. The maximum absolute atomic E-state index is 12.3. The monoisotopic (exact) mass is 388 g/mol. The number of furan rings is 1. The minimum atomic E-state index is -0.310. The number of rotatable bonds is 6. The molecule has 0 saturated carbocycles. The summed E-state index contributed by atoms with van der Waals surface area (Å²) in [4.78, 5) is 17.0. The first kappa shape index (κ1) is 18.6. The third kappa shape index (κ3) is 3.91. The number of nitrogens with zero attached hydrogens (tertiary/aromatic N) is 1. The number of methoxy groups -OCH3 is 1. The molecular formula is C23H20N2O4. The Hall–Kier alpha value is -3.80. The van der Waals surface area contributed by atoms with Crippen molar-refractivity contribution in [2.45, 2.75) is 6.92 Å². The highest BCUT2D eigenvalue weighted by atomic mass is 16.5. The van der Waals surface area contributed by atoms with E-state index in [1.54, 1.807) is 19.2 Å². The molecular weight excluding hydrogens is 368 g/mol. The minimum Gasteiger partial charge on any atom is -0.497 e. The number of amides is 1. The molecule has 2 aromatic heterocycles. The normalized spacial score (nSPS) is 10.7. The Morgan fingerprint density at radius 3 is 2.62 bits per heavy atom. The maximum Gasteiger partial charge on any atom is 0.291 e. The topological polar surface area (TPSA) is 73.6 Å². The highest BCUT2D eigenvalue weighted by molar-refractivity contribution is 6.03. The molecule has 0 fully saturated rings. The van der Waals surface area contributed by atoms with Crippen molar-refractivity contribution in [3.05, 3.63) is 72.7 Å². The molecule has 6 heteroatoms. The molecule has 0 unspecified atom stereocenters. The molecule has 1 amide bonds. The van der Waals surface area contributed by atoms with Gasteiger partial charge in [0.25, 0.3) is 5.91 Å². The summed E-state index contributed by atoms with van der Waals surface area (Å²) in [7, 11) is 1.64. The lowest BCUT2D eigenvalue weighted by molar-refractivity contribution is 0.0996. The smallest absolute Gasteiger partial charge is 0.291 e. The Bertz CT molecular complexity index is 1140. The Balaban J connectivity index is 1.71. The van der Waals surface area contributed by atoms with E-state index in [0.29, 0.717) is 18.0 Å². The summed E-state index contributed by atoms with van der Waals surface area (Å²) in [6, 6.07) is 18.4. The fourth-order valence-corrected chi connectivity index (χ4v) is 3.06. The molecule has 0 aliphatic rings. The lowest BCUT2D eigenvalue weighted by Crippen LogP contribution is -2.10. The molecule has 0 spiro atoms. The molecule has 4 rings (SSSR count). The highest BCUT2D eigenvalue weighted by Crippen LogP contribution is 2.32. The summed E-state index contributed by atoms with van der Waals surface area (Å²) in [6.45, 7) is 2.45. The summed E-state index contributed by atoms with van der Waals surface area (Å²) in [6.07, 6.45) is 1.47. The van der Waals surface area contributed by atoms with E-state index in [2.05, 4.69) is 5.32 Å². The van der Waals surface area contributed by atoms with Crippen molar-refractivity contribution in [3.63, 3.8) is 0 Å². The van der Waals surface area contributed by atoms with Crippen LogP contribution in [0.2, 0.25) is 0 Å². The molecule has 4 aromatic rings. The summed E-state index contributed by atoms with van der Waals surface area (Å²) in [5.74, 6) is 1.44. The number of aromatic nitrogens is 1. The first-order valence-electron chi connectivity index (χ1n) is 9.25. The lowest BCUT2D eigenvalue weighted by atomic mass is 10.1. The summed E-state index contributed by atoms with van der Waals surface area (Å²) < 4.78 is 16.2. The van der Waals surface area contributed by atoms with E-state index in [-0.39, 0.29) is 11.7 Å². The van der Waals surface area contributed by atoms with Gasteiger partial charge in [0.1, 0.15) is 11.5 Å². The van der Waals surface area contributed by atoms with Gasteiger partial charge in [0.15, 0.2) is 5.76 Å². The second-order valence-electron chi connectivity index (χ2n) is 6.33. The van der Waals surface area contributed by atoms with Crippen LogP contribution in [0.4, 0.5) is 5.69 Å². The predicted molar refractivity (Wildman–Crippen MR) is 112 cm³/mol. The zero-order valence-corrected chi connectivity index (χ0v) is 16.1. The van der Waals surface area contributed by atoms with Gasteiger partial charge >= 0.3 is 0 Å². The Morgan fingerprint density at radius 1 is 1.10 bits per heavy atom. The van der Waals surface area contributed by atoms with E-state index < -0.39 is 0 Å². The van der Waals surface area contributed by atoms with Crippen LogP contribution in [-0.2, 0) is 0 Å². The van der Waals surface area contributed by atoms with Crippen molar-refractivity contribution in [3.8, 4) is 22.8 Å². The zero-order chi connectivity index (χ0) is 20.2. The molecule has 29 heavy (non-hydrogen) atoms. The molecule has 2 heterocycles. The number of hydrogen-bond acceptors (Lipinski definition) is 5. The number of hydrogen-bond donors (Lipinski definition) is 1. The molecule has 0 bridgehead atoms. The number of benzene rings is 2.